The van der Waals surface area contributed by atoms with Gasteiger partial charge in [0.25, 0.3) is 0 Å². The van der Waals surface area contributed by atoms with Crippen LogP contribution in [-0.4, -0.2) is 47.4 Å². The van der Waals surface area contributed by atoms with Gasteiger partial charge in [0, 0.05) is 31.6 Å². The average Bonchev–Trinajstić information content (AvgIpc) is 2.47. The molecule has 0 spiro atoms. The van der Waals surface area contributed by atoms with Crippen molar-refractivity contribution in [2.75, 3.05) is 37.3 Å². The summed E-state index contributed by atoms with van der Waals surface area (Å²) < 4.78 is 0. The van der Waals surface area contributed by atoms with Crippen LogP contribution in [0.5, 0.6) is 0 Å². The van der Waals surface area contributed by atoms with Gasteiger partial charge in [-0.1, -0.05) is 35.0 Å². The summed E-state index contributed by atoms with van der Waals surface area (Å²) in [5, 5.41) is 5.56. The first-order valence-electron chi connectivity index (χ1n) is 6.22. The van der Waals surface area contributed by atoms with Gasteiger partial charge in [-0.25, -0.2) is 15.0 Å². The first-order chi connectivity index (χ1) is 9.69. The van der Waals surface area contributed by atoms with Crippen LogP contribution in [0.15, 0.2) is 11.2 Å². The molecule has 5 nitrogen and oxygen atoms in total. The van der Waals surface area contributed by atoms with Crippen LogP contribution in [0.4, 0.5) is 5.82 Å². The van der Waals surface area contributed by atoms with Crippen molar-refractivity contribution in [3.05, 3.63) is 16.4 Å². The lowest BCUT2D eigenvalue weighted by Crippen LogP contribution is -2.44. The molecule has 20 heavy (non-hydrogen) atoms. The van der Waals surface area contributed by atoms with E-state index in [1.807, 2.05) is 6.26 Å². The first kappa shape index (κ1) is 14.1. The largest absolute Gasteiger partial charge is 0.353 e. The molecule has 0 aromatic carbocycles. The highest BCUT2D eigenvalue weighted by molar-refractivity contribution is 7.98. The Morgan fingerprint density at radius 2 is 1.95 bits per heavy atom. The Kier molecular flexibility index (Phi) is 4.16. The SMILES string of the molecule is CSc1nc(N2CCNCC2)c2cc(Cl)nc(Cl)c2n1. The summed E-state index contributed by atoms with van der Waals surface area (Å²) in [6.45, 7) is 3.67. The summed E-state index contributed by atoms with van der Waals surface area (Å²) in [4.78, 5) is 15.4. The number of thioether (sulfide) groups is 1. The first-order valence-corrected chi connectivity index (χ1v) is 8.20. The number of halogens is 2. The fourth-order valence-electron chi connectivity index (χ4n) is 2.23. The molecule has 1 fully saturated rings. The molecule has 0 aliphatic carbocycles. The van der Waals surface area contributed by atoms with Gasteiger partial charge < -0.3 is 10.2 Å². The number of aromatic nitrogens is 3. The van der Waals surface area contributed by atoms with Gasteiger partial charge >= 0.3 is 0 Å². The van der Waals surface area contributed by atoms with Crippen molar-refractivity contribution in [3.8, 4) is 0 Å². The molecule has 2 aromatic rings. The molecule has 0 amide bonds. The summed E-state index contributed by atoms with van der Waals surface area (Å²) in [5.74, 6) is 0.882. The minimum Gasteiger partial charge on any atom is -0.353 e. The second kappa shape index (κ2) is 5.89. The molecule has 106 valence electrons. The maximum Gasteiger partial charge on any atom is 0.189 e. The quantitative estimate of drug-likeness (QED) is 0.519. The zero-order valence-electron chi connectivity index (χ0n) is 10.9. The minimum atomic E-state index is 0.321. The van der Waals surface area contributed by atoms with Crippen LogP contribution in [0.1, 0.15) is 0 Å². The summed E-state index contributed by atoms with van der Waals surface area (Å²) in [7, 11) is 0. The number of piperazine rings is 1. The van der Waals surface area contributed by atoms with E-state index >= 15 is 0 Å². The van der Waals surface area contributed by atoms with E-state index in [1.165, 1.54) is 11.8 Å². The van der Waals surface area contributed by atoms with Crippen LogP contribution >= 0.6 is 35.0 Å². The van der Waals surface area contributed by atoms with Crippen LogP contribution in [0, 0.1) is 0 Å². The van der Waals surface area contributed by atoms with Crippen molar-refractivity contribution < 1.29 is 0 Å². The van der Waals surface area contributed by atoms with E-state index in [2.05, 4.69) is 25.2 Å². The van der Waals surface area contributed by atoms with Gasteiger partial charge in [-0.2, -0.15) is 0 Å². The minimum absolute atomic E-state index is 0.321. The molecule has 3 heterocycles. The number of nitrogens with one attached hydrogen (secondary N) is 1. The molecule has 1 aliphatic heterocycles. The predicted octanol–water partition coefficient (Wildman–Crippen LogP) is 2.46. The zero-order chi connectivity index (χ0) is 14.1. The van der Waals surface area contributed by atoms with Gasteiger partial charge in [0.1, 0.15) is 16.5 Å². The number of hydrogen-bond acceptors (Lipinski definition) is 6. The van der Waals surface area contributed by atoms with Crippen LogP contribution in [0.2, 0.25) is 10.3 Å². The molecule has 2 aromatic heterocycles. The molecule has 3 rings (SSSR count). The maximum atomic E-state index is 6.18. The molecule has 0 unspecified atom stereocenters. The molecule has 1 saturated heterocycles. The fraction of sp³-hybridized carbons (Fsp3) is 0.417. The third kappa shape index (κ3) is 2.65. The van der Waals surface area contributed by atoms with Gasteiger partial charge in [0.15, 0.2) is 10.3 Å². The van der Waals surface area contributed by atoms with Crippen molar-refractivity contribution in [1.29, 1.82) is 0 Å². The number of rotatable bonds is 2. The fourth-order valence-corrected chi connectivity index (χ4v) is 3.07. The smallest absolute Gasteiger partial charge is 0.189 e. The van der Waals surface area contributed by atoms with Crippen molar-refractivity contribution in [2.45, 2.75) is 5.16 Å². The highest BCUT2D eigenvalue weighted by Gasteiger charge is 2.19. The number of anilines is 1. The topological polar surface area (TPSA) is 53.9 Å². The number of pyridine rings is 1. The Morgan fingerprint density at radius 3 is 2.65 bits per heavy atom. The Bertz CT molecular complexity index is 645. The molecule has 8 heteroatoms. The third-order valence-corrected chi connectivity index (χ3v) is 4.17. The number of fused-ring (bicyclic) bond motifs is 1. The van der Waals surface area contributed by atoms with E-state index < -0.39 is 0 Å². The Hall–Kier alpha value is -0.820. The highest BCUT2D eigenvalue weighted by Crippen LogP contribution is 2.31. The summed E-state index contributed by atoms with van der Waals surface area (Å²) >= 11 is 13.7. The van der Waals surface area contributed by atoms with Crippen molar-refractivity contribution in [2.24, 2.45) is 0 Å². The standard InChI is InChI=1S/C12H13Cl2N5S/c1-20-12-17-9-7(6-8(13)16-10(9)14)11(18-12)19-4-2-15-3-5-19/h6,15H,2-5H2,1H3. The lowest BCUT2D eigenvalue weighted by atomic mass is 10.2. The van der Waals surface area contributed by atoms with Gasteiger partial charge in [-0.3, -0.25) is 0 Å². The molecule has 0 saturated carbocycles. The van der Waals surface area contributed by atoms with Crippen LogP contribution < -0.4 is 10.2 Å². The van der Waals surface area contributed by atoms with Gasteiger partial charge in [-0.05, 0) is 12.3 Å². The lowest BCUT2D eigenvalue weighted by Gasteiger charge is -2.29. The van der Waals surface area contributed by atoms with Crippen LogP contribution in [0.25, 0.3) is 10.9 Å². The van der Waals surface area contributed by atoms with E-state index in [0.29, 0.717) is 21.0 Å². The second-order valence-electron chi connectivity index (χ2n) is 4.40. The van der Waals surface area contributed by atoms with E-state index in [9.17, 15) is 0 Å². The molecule has 0 atom stereocenters. The van der Waals surface area contributed by atoms with Crippen molar-refractivity contribution in [3.63, 3.8) is 0 Å². The molecule has 0 bridgehead atoms. The van der Waals surface area contributed by atoms with Gasteiger partial charge in [-0.15, -0.1) is 0 Å². The van der Waals surface area contributed by atoms with Crippen LogP contribution in [-0.2, 0) is 0 Å². The van der Waals surface area contributed by atoms with E-state index in [1.54, 1.807) is 6.07 Å². The Labute approximate surface area is 131 Å². The zero-order valence-corrected chi connectivity index (χ0v) is 13.2. The highest BCUT2D eigenvalue weighted by atomic mass is 35.5. The Balaban J connectivity index is 2.21. The van der Waals surface area contributed by atoms with Crippen molar-refractivity contribution in [1.82, 2.24) is 20.3 Å². The number of hydrogen-bond donors (Lipinski definition) is 1. The molecular weight excluding hydrogens is 317 g/mol. The van der Waals surface area contributed by atoms with E-state index in [0.717, 1.165) is 37.4 Å². The average molecular weight is 330 g/mol. The summed E-state index contributed by atoms with van der Waals surface area (Å²) in [5.41, 5.74) is 0.656. The van der Waals surface area contributed by atoms with Crippen LogP contribution in [0.3, 0.4) is 0 Å². The number of nitrogens with zero attached hydrogens (tertiary/aromatic N) is 4. The summed E-state index contributed by atoms with van der Waals surface area (Å²) in [6, 6.07) is 1.78. The van der Waals surface area contributed by atoms with Crippen molar-refractivity contribution >= 4 is 51.7 Å². The second-order valence-corrected chi connectivity index (χ2v) is 5.92. The summed E-state index contributed by atoms with van der Waals surface area (Å²) in [6.07, 6.45) is 1.94. The molecular formula is C12H13Cl2N5S. The molecule has 0 radical (unpaired) electrons. The Morgan fingerprint density at radius 1 is 1.20 bits per heavy atom. The third-order valence-electron chi connectivity index (χ3n) is 3.17. The molecule has 1 aliphatic rings. The van der Waals surface area contributed by atoms with Gasteiger partial charge in [0.2, 0.25) is 0 Å². The van der Waals surface area contributed by atoms with E-state index in [-0.39, 0.29) is 0 Å². The van der Waals surface area contributed by atoms with E-state index in [4.69, 9.17) is 23.2 Å². The molecule has 1 N–H and O–H groups in total. The predicted molar refractivity (Wildman–Crippen MR) is 84.2 cm³/mol. The maximum absolute atomic E-state index is 6.18. The lowest BCUT2D eigenvalue weighted by molar-refractivity contribution is 0.584. The van der Waals surface area contributed by atoms with Gasteiger partial charge in [0.05, 0.1) is 0 Å². The normalized spacial score (nSPS) is 15.8. The monoisotopic (exact) mass is 329 g/mol.